The summed E-state index contributed by atoms with van der Waals surface area (Å²) in [5, 5.41) is -0.321. The van der Waals surface area contributed by atoms with Gasteiger partial charge in [0.05, 0.1) is 16.3 Å². The van der Waals surface area contributed by atoms with Crippen molar-refractivity contribution in [3.05, 3.63) is 47.5 Å². The van der Waals surface area contributed by atoms with Crippen LogP contribution in [0.15, 0.2) is 31.2 Å². The number of hydrogen-bond donors (Lipinski definition) is 0. The first-order valence-corrected chi connectivity index (χ1v) is 4.38. The first kappa shape index (κ1) is 12.7. The van der Waals surface area contributed by atoms with Crippen LogP contribution in [0.4, 0.5) is 17.6 Å². The Labute approximate surface area is 94.1 Å². The lowest BCUT2D eigenvalue weighted by molar-refractivity contribution is -0.137. The Balaban J connectivity index is 3.20. The van der Waals surface area contributed by atoms with Crippen LogP contribution in [0.25, 0.3) is 5.57 Å². The fraction of sp³-hybridized carbons (Fsp3) is 0.100. The quantitative estimate of drug-likeness (QED) is 0.566. The van der Waals surface area contributed by atoms with Crippen LogP contribution in [0.5, 0.6) is 0 Å². The third-order valence-electron chi connectivity index (χ3n) is 1.78. The van der Waals surface area contributed by atoms with Crippen LogP contribution in [0.1, 0.15) is 11.3 Å². The van der Waals surface area contributed by atoms with E-state index >= 15 is 0 Å². The molecule has 0 spiro atoms. The number of pyridine rings is 1. The molecule has 1 aromatic heterocycles. The molecular weight excluding hydrogens is 246 g/mol. The van der Waals surface area contributed by atoms with Gasteiger partial charge in [-0.3, -0.25) is 4.98 Å². The van der Waals surface area contributed by atoms with Crippen molar-refractivity contribution in [2.45, 2.75) is 6.18 Å². The summed E-state index contributed by atoms with van der Waals surface area (Å²) in [6.45, 7) is 6.23. The molecule has 0 radical (unpaired) electrons. The first-order chi connectivity index (χ1) is 7.23. The van der Waals surface area contributed by atoms with E-state index in [0.29, 0.717) is 12.3 Å². The molecule has 6 heteroatoms. The van der Waals surface area contributed by atoms with Crippen molar-refractivity contribution in [1.82, 2.24) is 4.98 Å². The van der Waals surface area contributed by atoms with E-state index in [1.165, 1.54) is 0 Å². The van der Waals surface area contributed by atoms with E-state index < -0.39 is 17.6 Å². The number of aromatic nitrogens is 1. The maximum absolute atomic E-state index is 12.7. The van der Waals surface area contributed by atoms with Crippen LogP contribution in [0.2, 0.25) is 5.02 Å². The summed E-state index contributed by atoms with van der Waals surface area (Å²) >= 11 is 5.54. The molecule has 0 aliphatic carbocycles. The molecule has 0 aliphatic heterocycles. The van der Waals surface area contributed by atoms with E-state index in [0.717, 1.165) is 0 Å². The van der Waals surface area contributed by atoms with Gasteiger partial charge in [0.25, 0.3) is 0 Å². The summed E-state index contributed by atoms with van der Waals surface area (Å²) < 4.78 is 49.4. The fourth-order valence-electron chi connectivity index (χ4n) is 0.943. The maximum Gasteiger partial charge on any atom is 0.417 e. The number of allylic oxidation sites excluding steroid dienone is 2. The largest absolute Gasteiger partial charge is 0.417 e. The van der Waals surface area contributed by atoms with Crippen molar-refractivity contribution >= 4 is 17.2 Å². The zero-order valence-corrected chi connectivity index (χ0v) is 8.66. The summed E-state index contributed by atoms with van der Waals surface area (Å²) in [5.41, 5.74) is -1.39. The number of hydrogen-bond acceptors (Lipinski definition) is 1. The van der Waals surface area contributed by atoms with E-state index in [-0.39, 0.29) is 16.3 Å². The van der Waals surface area contributed by atoms with Gasteiger partial charge in [-0.25, -0.2) is 4.39 Å². The fourth-order valence-corrected chi connectivity index (χ4v) is 1.22. The average molecular weight is 252 g/mol. The molecule has 0 amide bonds. The Morgan fingerprint density at radius 3 is 2.25 bits per heavy atom. The molecule has 0 saturated heterocycles. The van der Waals surface area contributed by atoms with Crippen molar-refractivity contribution < 1.29 is 17.6 Å². The molecule has 0 atom stereocenters. The number of nitrogens with zero attached hydrogens (tertiary/aromatic N) is 1. The van der Waals surface area contributed by atoms with E-state index in [1.807, 2.05) is 0 Å². The molecule has 1 aromatic rings. The van der Waals surface area contributed by atoms with E-state index in [2.05, 4.69) is 18.1 Å². The van der Waals surface area contributed by atoms with E-state index in [9.17, 15) is 17.6 Å². The molecule has 16 heavy (non-hydrogen) atoms. The minimum Gasteiger partial charge on any atom is -0.254 e. The highest BCUT2D eigenvalue weighted by molar-refractivity contribution is 6.32. The number of alkyl halides is 3. The van der Waals surface area contributed by atoms with Crippen LogP contribution in [-0.2, 0) is 6.18 Å². The van der Waals surface area contributed by atoms with Gasteiger partial charge in [0.2, 0.25) is 0 Å². The highest BCUT2D eigenvalue weighted by Gasteiger charge is 2.31. The molecule has 0 bridgehead atoms. The van der Waals surface area contributed by atoms with Crippen LogP contribution < -0.4 is 0 Å². The van der Waals surface area contributed by atoms with Gasteiger partial charge in [-0.2, -0.15) is 13.2 Å². The normalized spacial score (nSPS) is 11.3. The number of halogens is 5. The molecule has 0 saturated carbocycles. The average Bonchev–Trinajstić information content (AvgIpc) is 2.15. The Bertz CT molecular complexity index is 451. The Morgan fingerprint density at radius 2 is 1.88 bits per heavy atom. The minimum absolute atomic E-state index is 0.151. The third-order valence-corrected chi connectivity index (χ3v) is 2.07. The van der Waals surface area contributed by atoms with Crippen molar-refractivity contribution in [2.24, 2.45) is 0 Å². The molecule has 86 valence electrons. The maximum atomic E-state index is 12.7. The summed E-state index contributed by atoms with van der Waals surface area (Å²) in [4.78, 5) is 3.41. The second-order valence-electron chi connectivity index (χ2n) is 2.94. The first-order valence-electron chi connectivity index (χ1n) is 4.00. The zero-order valence-electron chi connectivity index (χ0n) is 7.91. The molecule has 0 aliphatic rings. The summed E-state index contributed by atoms with van der Waals surface area (Å²) in [6.07, 6.45) is -3.97. The van der Waals surface area contributed by atoms with Gasteiger partial charge in [0, 0.05) is 11.8 Å². The molecule has 1 rings (SSSR count). The van der Waals surface area contributed by atoms with Gasteiger partial charge < -0.3 is 0 Å². The lowest BCUT2D eigenvalue weighted by Crippen LogP contribution is -2.06. The van der Waals surface area contributed by atoms with Gasteiger partial charge in [-0.15, -0.1) is 0 Å². The Hall–Kier alpha value is -1.36. The topological polar surface area (TPSA) is 12.9 Å². The van der Waals surface area contributed by atoms with Gasteiger partial charge in [0.1, 0.15) is 5.83 Å². The standard InChI is InChI=1S/C10H6ClF4N/c1-5(6(2)12)9-8(11)3-7(4-16-9)10(13,14)15/h3-4H,1-2H2. The van der Waals surface area contributed by atoms with Crippen LogP contribution in [0.3, 0.4) is 0 Å². The van der Waals surface area contributed by atoms with Crippen LogP contribution in [-0.4, -0.2) is 4.98 Å². The summed E-state index contributed by atoms with van der Waals surface area (Å²) in [5.74, 6) is -0.894. The van der Waals surface area contributed by atoms with Crippen LogP contribution in [0, 0.1) is 0 Å². The second-order valence-corrected chi connectivity index (χ2v) is 3.34. The summed E-state index contributed by atoms with van der Waals surface area (Å²) in [7, 11) is 0. The van der Waals surface area contributed by atoms with Crippen molar-refractivity contribution in [2.75, 3.05) is 0 Å². The lowest BCUT2D eigenvalue weighted by atomic mass is 10.1. The van der Waals surface area contributed by atoms with E-state index in [4.69, 9.17) is 11.6 Å². The predicted octanol–water partition coefficient (Wildman–Crippen LogP) is 4.25. The molecule has 0 N–H and O–H groups in total. The molecule has 1 heterocycles. The molecule has 0 fully saturated rings. The minimum atomic E-state index is -4.54. The van der Waals surface area contributed by atoms with Crippen molar-refractivity contribution in [3.8, 4) is 0 Å². The van der Waals surface area contributed by atoms with Crippen molar-refractivity contribution in [3.63, 3.8) is 0 Å². The van der Waals surface area contributed by atoms with Gasteiger partial charge in [-0.1, -0.05) is 24.8 Å². The van der Waals surface area contributed by atoms with Crippen LogP contribution >= 0.6 is 11.6 Å². The van der Waals surface area contributed by atoms with E-state index in [1.54, 1.807) is 0 Å². The monoisotopic (exact) mass is 251 g/mol. The highest BCUT2D eigenvalue weighted by atomic mass is 35.5. The third kappa shape index (κ3) is 2.61. The molecule has 0 aromatic carbocycles. The molecule has 0 unspecified atom stereocenters. The molecule has 1 nitrogen and oxygen atoms in total. The SMILES string of the molecule is C=C(F)C(=C)c1ncc(C(F)(F)F)cc1Cl. The number of rotatable bonds is 2. The zero-order chi connectivity index (χ0) is 12.5. The van der Waals surface area contributed by atoms with Crippen molar-refractivity contribution in [1.29, 1.82) is 0 Å². The van der Waals surface area contributed by atoms with Gasteiger partial charge >= 0.3 is 6.18 Å². The smallest absolute Gasteiger partial charge is 0.254 e. The lowest BCUT2D eigenvalue weighted by Gasteiger charge is -2.09. The highest BCUT2D eigenvalue weighted by Crippen LogP contribution is 2.33. The predicted molar refractivity (Wildman–Crippen MR) is 53.5 cm³/mol. The van der Waals surface area contributed by atoms with Gasteiger partial charge in [0.15, 0.2) is 0 Å². The molecular formula is C10H6ClF4N. The second kappa shape index (κ2) is 4.25. The Morgan fingerprint density at radius 1 is 1.31 bits per heavy atom. The van der Waals surface area contributed by atoms with Gasteiger partial charge in [-0.05, 0) is 6.07 Å². The summed E-state index contributed by atoms with van der Waals surface area (Å²) in [6, 6.07) is 0.665. The Kier molecular flexibility index (Phi) is 3.38.